The maximum absolute atomic E-state index is 13.7. The Balaban J connectivity index is 1.42. The molecule has 1 atom stereocenters. The highest BCUT2D eigenvalue weighted by molar-refractivity contribution is 7.99. The number of hydrazone groups is 1. The molecule has 6 nitrogen and oxygen atoms in total. The fourth-order valence-electron chi connectivity index (χ4n) is 4.16. The molecule has 1 N–H and O–H groups in total. The number of carbonyl (C=O) groups is 1. The Morgan fingerprint density at radius 2 is 2.03 bits per heavy atom. The number of hydrogen-bond acceptors (Lipinski definition) is 6. The van der Waals surface area contributed by atoms with Crippen molar-refractivity contribution in [3.8, 4) is 5.69 Å². The molecule has 0 radical (unpaired) electrons. The topological polar surface area (TPSA) is 76.3 Å². The van der Waals surface area contributed by atoms with E-state index in [2.05, 4.69) is 17.5 Å². The average Bonchev–Trinajstić information content (AvgIpc) is 3.22. The molecule has 1 aliphatic carbocycles. The molecule has 178 valence electrons. The molecule has 9 heteroatoms. The third kappa shape index (κ3) is 5.19. The molecule has 0 saturated heterocycles. The van der Waals surface area contributed by atoms with Gasteiger partial charge < -0.3 is 0 Å². The number of carbonyl (C=O) groups excluding carboxylic acids is 1. The summed E-state index contributed by atoms with van der Waals surface area (Å²) < 4.78 is 1.63. The van der Waals surface area contributed by atoms with E-state index in [0.717, 1.165) is 46.3 Å². The van der Waals surface area contributed by atoms with Crippen LogP contribution in [0.5, 0.6) is 0 Å². The summed E-state index contributed by atoms with van der Waals surface area (Å²) in [4.78, 5) is 33.1. The summed E-state index contributed by atoms with van der Waals surface area (Å²) in [5.74, 6) is 0.400. The zero-order valence-corrected chi connectivity index (χ0v) is 21.4. The molecule has 35 heavy (non-hydrogen) atoms. The van der Waals surface area contributed by atoms with E-state index in [1.807, 2.05) is 42.5 Å². The zero-order valence-electron chi connectivity index (χ0n) is 19.0. The monoisotopic (exact) mass is 522 g/mol. The lowest BCUT2D eigenvalue weighted by Gasteiger charge is -2.17. The van der Waals surface area contributed by atoms with E-state index in [-0.39, 0.29) is 17.2 Å². The van der Waals surface area contributed by atoms with Gasteiger partial charge in [0.15, 0.2) is 5.16 Å². The molecule has 1 aliphatic rings. The maximum Gasteiger partial charge on any atom is 0.267 e. The van der Waals surface area contributed by atoms with Crippen molar-refractivity contribution in [1.29, 1.82) is 0 Å². The van der Waals surface area contributed by atoms with Gasteiger partial charge in [-0.3, -0.25) is 14.2 Å². The molecular weight excluding hydrogens is 500 g/mol. The molecular formula is C26H23ClN4O2S2. The molecule has 2 heterocycles. The van der Waals surface area contributed by atoms with E-state index in [4.69, 9.17) is 16.6 Å². The number of nitrogens with zero attached hydrogens (tertiary/aromatic N) is 3. The van der Waals surface area contributed by atoms with E-state index in [9.17, 15) is 9.59 Å². The molecule has 1 amide bonds. The van der Waals surface area contributed by atoms with E-state index in [1.165, 1.54) is 16.6 Å². The second-order valence-electron chi connectivity index (χ2n) is 8.54. The van der Waals surface area contributed by atoms with Gasteiger partial charge in [0.25, 0.3) is 11.5 Å². The van der Waals surface area contributed by atoms with E-state index in [0.29, 0.717) is 16.1 Å². The Kier molecular flexibility index (Phi) is 7.04. The number of aromatic nitrogens is 2. The van der Waals surface area contributed by atoms with Crippen LogP contribution < -0.4 is 11.0 Å². The number of nitrogens with one attached hydrogen (secondary N) is 1. The second-order valence-corrected chi connectivity index (χ2v) is 11.0. The first kappa shape index (κ1) is 23.8. The van der Waals surface area contributed by atoms with Gasteiger partial charge in [-0.15, -0.1) is 11.3 Å². The number of rotatable bonds is 6. The highest BCUT2D eigenvalue weighted by Gasteiger charge is 2.25. The fourth-order valence-corrected chi connectivity index (χ4v) is 6.52. The van der Waals surface area contributed by atoms with Crippen molar-refractivity contribution in [2.24, 2.45) is 11.0 Å². The number of thioether (sulfide) groups is 1. The van der Waals surface area contributed by atoms with Gasteiger partial charge in [0.1, 0.15) is 4.83 Å². The van der Waals surface area contributed by atoms with Gasteiger partial charge in [-0.1, -0.05) is 60.6 Å². The van der Waals surface area contributed by atoms with Crippen LogP contribution in [0, 0.1) is 5.92 Å². The van der Waals surface area contributed by atoms with E-state index < -0.39 is 0 Å². The molecule has 2 aromatic heterocycles. The number of thiophene rings is 1. The van der Waals surface area contributed by atoms with Crippen LogP contribution in [0.2, 0.25) is 5.02 Å². The van der Waals surface area contributed by atoms with Crippen LogP contribution >= 0.6 is 34.7 Å². The lowest BCUT2D eigenvalue weighted by atomic mass is 9.89. The van der Waals surface area contributed by atoms with Crippen molar-refractivity contribution in [3.63, 3.8) is 0 Å². The minimum absolute atomic E-state index is 0.0723. The SMILES string of the molecule is CC1CCc2c(sc3nc(SCC(=O)N/N=C/c4ccc(Cl)cc4)n(-c4ccccc4)c(=O)c23)C1. The number of benzene rings is 2. The molecule has 5 rings (SSSR count). The third-order valence-corrected chi connectivity index (χ3v) is 8.26. The first-order valence-corrected chi connectivity index (χ1v) is 13.5. The van der Waals surface area contributed by atoms with Crippen molar-refractivity contribution in [1.82, 2.24) is 15.0 Å². The Morgan fingerprint density at radius 3 is 2.80 bits per heavy atom. The second kappa shape index (κ2) is 10.4. The minimum Gasteiger partial charge on any atom is -0.272 e. The third-order valence-electron chi connectivity index (χ3n) is 5.92. The lowest BCUT2D eigenvalue weighted by molar-refractivity contribution is -0.118. The average molecular weight is 523 g/mol. The molecule has 0 aliphatic heterocycles. The number of para-hydroxylation sites is 1. The Morgan fingerprint density at radius 1 is 1.26 bits per heavy atom. The Hall–Kier alpha value is -2.94. The Bertz CT molecular complexity index is 1460. The minimum atomic E-state index is -0.284. The van der Waals surface area contributed by atoms with Crippen LogP contribution in [-0.4, -0.2) is 27.4 Å². The van der Waals surface area contributed by atoms with Crippen molar-refractivity contribution >= 4 is 57.0 Å². The summed E-state index contributed by atoms with van der Waals surface area (Å²) >= 11 is 8.73. The first-order chi connectivity index (χ1) is 17.0. The quantitative estimate of drug-likeness (QED) is 0.158. The molecule has 0 spiro atoms. The van der Waals surface area contributed by atoms with Crippen LogP contribution in [0.4, 0.5) is 0 Å². The van der Waals surface area contributed by atoms with Crippen molar-refractivity contribution in [3.05, 3.63) is 86.0 Å². The van der Waals surface area contributed by atoms with Crippen LogP contribution in [0.15, 0.2) is 69.6 Å². The standard InChI is InChI=1S/C26H23ClN4O2S2/c1-16-7-12-20-21(13-16)35-24-23(20)25(33)31(19-5-3-2-4-6-19)26(29-24)34-15-22(32)30-28-14-17-8-10-18(27)11-9-17/h2-6,8-11,14,16H,7,12-13,15H2,1H3,(H,30,32)/b28-14+. The normalized spacial score (nSPS) is 15.4. The maximum atomic E-state index is 13.7. The number of fused-ring (bicyclic) bond motifs is 3. The van der Waals surface area contributed by atoms with Crippen LogP contribution in [-0.2, 0) is 17.6 Å². The van der Waals surface area contributed by atoms with Gasteiger partial charge >= 0.3 is 0 Å². The number of halogens is 1. The lowest BCUT2D eigenvalue weighted by Crippen LogP contribution is -2.24. The summed E-state index contributed by atoms with van der Waals surface area (Å²) in [6, 6.07) is 16.6. The molecule has 1 unspecified atom stereocenters. The summed E-state index contributed by atoms with van der Waals surface area (Å²) in [5.41, 5.74) is 5.17. The summed E-state index contributed by atoms with van der Waals surface area (Å²) in [7, 11) is 0. The van der Waals surface area contributed by atoms with Crippen LogP contribution in [0.1, 0.15) is 29.3 Å². The summed E-state index contributed by atoms with van der Waals surface area (Å²) in [6.07, 6.45) is 4.53. The van der Waals surface area contributed by atoms with Gasteiger partial charge in [-0.2, -0.15) is 5.10 Å². The highest BCUT2D eigenvalue weighted by atomic mass is 35.5. The van der Waals surface area contributed by atoms with Crippen LogP contribution in [0.3, 0.4) is 0 Å². The fraction of sp³-hybridized carbons (Fsp3) is 0.231. The molecule has 0 saturated carbocycles. The predicted molar refractivity (Wildman–Crippen MR) is 144 cm³/mol. The number of amides is 1. The van der Waals surface area contributed by atoms with Gasteiger partial charge in [-0.25, -0.2) is 10.4 Å². The number of hydrogen-bond donors (Lipinski definition) is 1. The van der Waals surface area contributed by atoms with Gasteiger partial charge in [0.2, 0.25) is 0 Å². The Labute approximate surface area is 216 Å². The van der Waals surface area contributed by atoms with E-state index >= 15 is 0 Å². The summed E-state index contributed by atoms with van der Waals surface area (Å²) in [6.45, 7) is 2.25. The molecule has 0 bridgehead atoms. The highest BCUT2D eigenvalue weighted by Crippen LogP contribution is 2.37. The van der Waals surface area contributed by atoms with Gasteiger partial charge in [-0.05, 0) is 60.6 Å². The number of aryl methyl sites for hydroxylation is 1. The van der Waals surface area contributed by atoms with Gasteiger partial charge in [0, 0.05) is 9.90 Å². The zero-order chi connectivity index (χ0) is 24.4. The van der Waals surface area contributed by atoms with Crippen LogP contribution in [0.25, 0.3) is 15.9 Å². The van der Waals surface area contributed by atoms with E-state index in [1.54, 1.807) is 34.3 Å². The largest absolute Gasteiger partial charge is 0.272 e. The molecule has 4 aromatic rings. The van der Waals surface area contributed by atoms with Crippen molar-refractivity contribution < 1.29 is 4.79 Å². The van der Waals surface area contributed by atoms with Crippen molar-refractivity contribution in [2.75, 3.05) is 5.75 Å². The molecule has 0 fully saturated rings. The van der Waals surface area contributed by atoms with Gasteiger partial charge in [0.05, 0.1) is 23.0 Å². The predicted octanol–water partition coefficient (Wildman–Crippen LogP) is 5.47. The van der Waals surface area contributed by atoms with Crippen molar-refractivity contribution in [2.45, 2.75) is 31.3 Å². The summed E-state index contributed by atoms with van der Waals surface area (Å²) in [5, 5.41) is 5.87. The first-order valence-electron chi connectivity index (χ1n) is 11.3. The molecule has 2 aromatic carbocycles. The smallest absolute Gasteiger partial charge is 0.267 e.